The molecule has 0 aromatic carbocycles. The number of nitrogens with zero attached hydrogens (tertiary/aromatic N) is 1. The van der Waals surface area contributed by atoms with E-state index in [9.17, 15) is 39.5 Å². The average molecular weight is 415 g/mol. The lowest BCUT2D eigenvalue weighted by atomic mass is 10.7. The molecule has 15 heteroatoms. The maximum atomic E-state index is 12.3. The Morgan fingerprint density at radius 3 is 1.29 bits per heavy atom. The summed E-state index contributed by atoms with van der Waals surface area (Å²) < 4.78 is 119. The van der Waals surface area contributed by atoms with Crippen molar-refractivity contribution in [1.29, 1.82) is 0 Å². The monoisotopic (exact) mass is 415 g/mol. The molecule has 0 radical (unpaired) electrons. The van der Waals surface area contributed by atoms with Crippen LogP contribution in [0.4, 0.5) is 39.5 Å². The molecule has 0 aliphatic heterocycles. The van der Waals surface area contributed by atoms with Crippen molar-refractivity contribution in [2.24, 2.45) is 4.91 Å². The van der Waals surface area contributed by atoms with Crippen LogP contribution in [0.25, 0.3) is 0 Å². The molecule has 0 spiro atoms. The molecule has 0 amide bonds. The van der Waals surface area contributed by atoms with E-state index in [1.54, 1.807) is 0 Å². The van der Waals surface area contributed by atoms with Crippen LogP contribution in [0.1, 0.15) is 0 Å². The summed E-state index contributed by atoms with van der Waals surface area (Å²) in [7, 11) is -7.58. The van der Waals surface area contributed by atoms with Crippen LogP contribution in [0, 0.1) is 0 Å². The molecular weight excluding hydrogens is 400 g/mol. The third kappa shape index (κ3) is 9.86. The highest BCUT2D eigenvalue weighted by molar-refractivity contribution is 7.94. The maximum absolute atomic E-state index is 12.3. The topological polar surface area (TPSA) is 40.0 Å². The van der Waals surface area contributed by atoms with Crippen LogP contribution < -0.4 is 0 Å². The van der Waals surface area contributed by atoms with Crippen molar-refractivity contribution in [2.45, 2.75) is 38.2 Å². The highest BCUT2D eigenvalue weighted by Crippen LogP contribution is 2.61. The van der Waals surface area contributed by atoms with Crippen molar-refractivity contribution in [3.8, 4) is 0 Å². The van der Waals surface area contributed by atoms with Gasteiger partial charge in [0.25, 0.3) is 0 Å². The number of rotatable bonds is 7. The molecule has 0 N–H and O–H groups in total. The summed E-state index contributed by atoms with van der Waals surface area (Å²) >= 11 is 0. The number of hydrogen-bond donors (Lipinski definition) is 0. The predicted octanol–water partition coefficient (Wildman–Crippen LogP) is 5.50. The van der Waals surface area contributed by atoms with Crippen LogP contribution in [-0.4, -0.2) is 46.1 Å². The quantitative estimate of drug-likeness (QED) is 0.239. The van der Waals surface area contributed by atoms with E-state index in [1.807, 2.05) is 0 Å². The molecule has 146 valence electrons. The van der Waals surface area contributed by atoms with Gasteiger partial charge >= 0.3 is 18.5 Å². The van der Waals surface area contributed by atoms with E-state index >= 15 is 0 Å². The number of hydrogen-bond acceptors (Lipinski definition) is 4. The van der Waals surface area contributed by atoms with Gasteiger partial charge in [-0.2, -0.15) is 39.5 Å². The van der Waals surface area contributed by atoms with Gasteiger partial charge in [0.2, 0.25) is 7.06 Å². The summed E-state index contributed by atoms with van der Waals surface area (Å²) in [6, 6.07) is 0. The smallest absolute Gasteiger partial charge is 0.317 e. The first-order valence-corrected chi connectivity index (χ1v) is 12.0. The first-order chi connectivity index (χ1) is 10.4. The van der Waals surface area contributed by atoms with Gasteiger partial charge in [0.1, 0.15) is 0 Å². The summed E-state index contributed by atoms with van der Waals surface area (Å²) in [6.07, 6.45) is -14.8. The molecular formula is C9H15F9NO3PSi. The van der Waals surface area contributed by atoms with E-state index in [1.165, 1.54) is 19.6 Å². The van der Waals surface area contributed by atoms with E-state index in [0.29, 0.717) is 0 Å². The molecule has 24 heavy (non-hydrogen) atoms. The number of halogens is 9. The molecule has 0 aliphatic carbocycles. The summed E-state index contributed by atoms with van der Waals surface area (Å²) in [4.78, 5) is 6.85. The zero-order valence-electron chi connectivity index (χ0n) is 12.6. The summed E-state index contributed by atoms with van der Waals surface area (Å²) in [5, 5.41) is 0. The van der Waals surface area contributed by atoms with Crippen molar-refractivity contribution in [3.05, 3.63) is 0 Å². The molecule has 0 aliphatic rings. The normalized spacial score (nSPS) is 14.8. The van der Waals surface area contributed by atoms with Gasteiger partial charge < -0.3 is 9.05 Å². The third-order valence-electron chi connectivity index (χ3n) is 2.05. The van der Waals surface area contributed by atoms with Crippen LogP contribution in [0.5, 0.6) is 0 Å². The third-order valence-corrected chi connectivity index (χ3v) is 11.1. The van der Waals surface area contributed by atoms with Crippen LogP contribution in [-0.2, 0) is 13.9 Å². The lowest BCUT2D eigenvalue weighted by Gasteiger charge is -2.33. The van der Waals surface area contributed by atoms with Crippen LogP contribution in [0.3, 0.4) is 0 Å². The number of alkyl halides is 9. The van der Waals surface area contributed by atoms with E-state index in [-0.39, 0.29) is 0 Å². The molecule has 0 fully saturated rings. The standard InChI is InChI=1S/C9H15F9NO3PSi/c1-24(2,3)23(21-5-8(13,14)15,22-6-9(16,17)18)19-20-4-7(10,11)12/h4-6H2,1-3H3. The Labute approximate surface area is 132 Å². The van der Waals surface area contributed by atoms with E-state index in [0.717, 1.165) is 0 Å². The second-order valence-corrected chi connectivity index (χ2v) is 17.2. The molecule has 0 saturated carbocycles. The Kier molecular flexibility index (Phi) is 7.83. The predicted molar refractivity (Wildman–Crippen MR) is 68.7 cm³/mol. The largest absolute Gasteiger partial charge is 0.414 e. The molecule has 0 aromatic rings. The van der Waals surface area contributed by atoms with Gasteiger partial charge in [-0.25, -0.2) is 4.84 Å². The highest BCUT2D eigenvalue weighted by Gasteiger charge is 2.46. The van der Waals surface area contributed by atoms with E-state index in [2.05, 4.69) is 18.8 Å². The second-order valence-electron chi connectivity index (χ2n) is 5.44. The zero-order valence-corrected chi connectivity index (χ0v) is 14.5. The Morgan fingerprint density at radius 1 is 0.708 bits per heavy atom. The van der Waals surface area contributed by atoms with Crippen LogP contribution in [0.2, 0.25) is 19.6 Å². The van der Waals surface area contributed by atoms with Crippen molar-refractivity contribution < 1.29 is 53.4 Å². The first-order valence-electron chi connectivity index (χ1n) is 6.10. The minimum atomic E-state index is -4.94. The van der Waals surface area contributed by atoms with Crippen LogP contribution >= 0.6 is 7.06 Å². The van der Waals surface area contributed by atoms with Gasteiger partial charge in [0.15, 0.2) is 27.6 Å². The molecule has 0 aromatic heterocycles. The van der Waals surface area contributed by atoms with Gasteiger partial charge in [0.05, 0.1) is 0 Å². The van der Waals surface area contributed by atoms with E-state index in [4.69, 9.17) is 0 Å². The van der Waals surface area contributed by atoms with Gasteiger partial charge in [-0.05, 0) is 0 Å². The fourth-order valence-corrected chi connectivity index (χ4v) is 6.75. The molecule has 0 saturated heterocycles. The molecule has 0 bridgehead atoms. The fourth-order valence-electron chi connectivity index (χ4n) is 1.09. The first kappa shape index (κ1) is 23.7. The molecule has 4 nitrogen and oxygen atoms in total. The zero-order chi connectivity index (χ0) is 19.4. The second kappa shape index (κ2) is 7.93. The van der Waals surface area contributed by atoms with Crippen molar-refractivity contribution in [3.63, 3.8) is 0 Å². The minimum Gasteiger partial charge on any atom is -0.317 e. The van der Waals surface area contributed by atoms with Gasteiger partial charge in [-0.15, -0.1) is 4.91 Å². The van der Waals surface area contributed by atoms with Crippen LogP contribution in [0.15, 0.2) is 4.91 Å². The Morgan fingerprint density at radius 2 is 1.04 bits per heavy atom. The lowest BCUT2D eigenvalue weighted by molar-refractivity contribution is -0.176. The SMILES string of the molecule is C[Si](C)(C)P(=NOCC(F)(F)F)(OCC(F)(F)F)OCC(F)(F)F. The molecule has 0 heterocycles. The molecule has 0 atom stereocenters. The van der Waals surface area contributed by atoms with Crippen molar-refractivity contribution in [2.75, 3.05) is 19.8 Å². The molecule has 0 rings (SSSR count). The summed E-state index contributed by atoms with van der Waals surface area (Å²) in [5.41, 5.74) is 0. The summed E-state index contributed by atoms with van der Waals surface area (Å²) in [5.74, 6) is 0. The minimum absolute atomic E-state index is 1.24. The maximum Gasteiger partial charge on any atom is 0.414 e. The Hall–Kier alpha value is -0.303. The summed E-state index contributed by atoms with van der Waals surface area (Å²) in [6.45, 7) is -2.32. The van der Waals surface area contributed by atoms with Gasteiger partial charge in [-0.3, -0.25) is 0 Å². The fraction of sp³-hybridized carbons (Fsp3) is 1.00. The highest BCUT2D eigenvalue weighted by atomic mass is 31.4. The van der Waals surface area contributed by atoms with Gasteiger partial charge in [-0.1, -0.05) is 19.6 Å². The lowest BCUT2D eigenvalue weighted by Crippen LogP contribution is -2.30. The van der Waals surface area contributed by atoms with E-state index < -0.39 is 53.1 Å². The van der Waals surface area contributed by atoms with Crippen molar-refractivity contribution in [1.82, 2.24) is 0 Å². The Balaban J connectivity index is 5.63. The Bertz CT molecular complexity index is 433. The van der Waals surface area contributed by atoms with Crippen molar-refractivity contribution >= 4 is 14.8 Å². The molecule has 0 unspecified atom stereocenters. The average Bonchev–Trinajstić information content (AvgIpc) is 2.26. The van der Waals surface area contributed by atoms with Gasteiger partial charge in [0, 0.05) is 0 Å².